The molecule has 3 rings (SSSR count). The smallest absolute Gasteiger partial charge is 0.201 e. The molecule has 0 bridgehead atoms. The van der Waals surface area contributed by atoms with Crippen LogP contribution in [0, 0.1) is 0 Å². The standard InChI is InChI=1S/C13H16ClN3S/c1-18-13(5-2-6-13)8-17-11-4-3-9(14)7-10(11)16-12(17)15/h3-4,7H,2,5-6,8H2,1H3,(H2,15,16). The largest absolute Gasteiger partial charge is 0.369 e. The number of nitrogen functional groups attached to an aromatic ring is 1. The Hall–Kier alpha value is -0.870. The van der Waals surface area contributed by atoms with Crippen LogP contribution in [0.5, 0.6) is 0 Å². The fourth-order valence-corrected chi connectivity index (χ4v) is 3.70. The molecule has 1 aliphatic rings. The third-order valence-electron chi connectivity index (χ3n) is 3.88. The monoisotopic (exact) mass is 281 g/mol. The van der Waals surface area contributed by atoms with Crippen molar-refractivity contribution in [2.45, 2.75) is 30.6 Å². The van der Waals surface area contributed by atoms with Gasteiger partial charge < -0.3 is 10.3 Å². The van der Waals surface area contributed by atoms with Gasteiger partial charge in [0.15, 0.2) is 0 Å². The minimum absolute atomic E-state index is 0.349. The Morgan fingerprint density at radius 2 is 2.28 bits per heavy atom. The molecular weight excluding hydrogens is 266 g/mol. The van der Waals surface area contributed by atoms with Crippen molar-refractivity contribution in [2.75, 3.05) is 12.0 Å². The predicted molar refractivity (Wildman–Crippen MR) is 79.3 cm³/mol. The number of fused-ring (bicyclic) bond motifs is 1. The van der Waals surface area contributed by atoms with Crippen LogP contribution >= 0.6 is 23.4 Å². The molecular formula is C13H16ClN3S. The average Bonchev–Trinajstić information content (AvgIpc) is 2.59. The van der Waals surface area contributed by atoms with Crippen molar-refractivity contribution in [1.82, 2.24) is 9.55 Å². The van der Waals surface area contributed by atoms with Gasteiger partial charge in [-0.2, -0.15) is 11.8 Å². The summed E-state index contributed by atoms with van der Waals surface area (Å²) in [5, 5.41) is 0.704. The summed E-state index contributed by atoms with van der Waals surface area (Å²) in [5.41, 5.74) is 8.01. The van der Waals surface area contributed by atoms with Crippen LogP contribution in [0.3, 0.4) is 0 Å². The quantitative estimate of drug-likeness (QED) is 0.935. The van der Waals surface area contributed by atoms with Gasteiger partial charge in [0, 0.05) is 16.3 Å². The van der Waals surface area contributed by atoms with Gasteiger partial charge in [-0.25, -0.2) is 4.98 Å². The lowest BCUT2D eigenvalue weighted by atomic mass is 9.84. The third kappa shape index (κ3) is 1.88. The lowest BCUT2D eigenvalue weighted by Crippen LogP contribution is -2.38. The van der Waals surface area contributed by atoms with E-state index >= 15 is 0 Å². The summed E-state index contributed by atoms with van der Waals surface area (Å²) in [6.07, 6.45) is 6.03. The van der Waals surface area contributed by atoms with E-state index in [1.165, 1.54) is 19.3 Å². The molecule has 1 fully saturated rings. The van der Waals surface area contributed by atoms with Crippen LogP contribution in [0.15, 0.2) is 18.2 Å². The molecule has 0 spiro atoms. The van der Waals surface area contributed by atoms with Gasteiger partial charge in [-0.1, -0.05) is 18.0 Å². The molecule has 1 aromatic carbocycles. The predicted octanol–water partition coefficient (Wildman–Crippen LogP) is 3.56. The van der Waals surface area contributed by atoms with Gasteiger partial charge in [-0.15, -0.1) is 0 Å². The van der Waals surface area contributed by atoms with E-state index in [2.05, 4.69) is 15.8 Å². The summed E-state index contributed by atoms with van der Waals surface area (Å²) in [4.78, 5) is 4.40. The van der Waals surface area contributed by atoms with Crippen molar-refractivity contribution in [3.05, 3.63) is 23.2 Å². The maximum Gasteiger partial charge on any atom is 0.201 e. The molecule has 1 aliphatic carbocycles. The first-order valence-electron chi connectivity index (χ1n) is 6.10. The molecule has 0 saturated heterocycles. The normalized spacial score (nSPS) is 17.9. The zero-order chi connectivity index (χ0) is 12.8. The Bertz CT molecular complexity index is 584. The van der Waals surface area contributed by atoms with Crippen LogP contribution in [0.4, 0.5) is 5.95 Å². The topological polar surface area (TPSA) is 43.8 Å². The van der Waals surface area contributed by atoms with Gasteiger partial charge in [0.05, 0.1) is 11.0 Å². The highest BCUT2D eigenvalue weighted by Gasteiger charge is 2.37. The number of anilines is 1. The molecule has 2 N–H and O–H groups in total. The third-order valence-corrected chi connectivity index (χ3v) is 5.52. The molecule has 18 heavy (non-hydrogen) atoms. The summed E-state index contributed by atoms with van der Waals surface area (Å²) >= 11 is 7.93. The highest BCUT2D eigenvalue weighted by atomic mass is 35.5. The summed E-state index contributed by atoms with van der Waals surface area (Å²) in [5.74, 6) is 0.590. The zero-order valence-corrected chi connectivity index (χ0v) is 11.9. The number of nitrogens with two attached hydrogens (primary N) is 1. The van der Waals surface area contributed by atoms with E-state index in [0.29, 0.717) is 15.7 Å². The van der Waals surface area contributed by atoms with Crippen LogP contribution in [0.1, 0.15) is 19.3 Å². The number of aromatic nitrogens is 2. The maximum atomic E-state index is 6.04. The number of benzene rings is 1. The first-order valence-corrected chi connectivity index (χ1v) is 7.70. The second-order valence-corrected chi connectivity index (χ2v) is 6.64. The molecule has 0 amide bonds. The van der Waals surface area contributed by atoms with Gasteiger partial charge >= 0.3 is 0 Å². The van der Waals surface area contributed by atoms with Crippen molar-refractivity contribution < 1.29 is 0 Å². The van der Waals surface area contributed by atoms with E-state index < -0.39 is 0 Å². The van der Waals surface area contributed by atoms with Crippen molar-refractivity contribution in [1.29, 1.82) is 0 Å². The molecule has 3 nitrogen and oxygen atoms in total. The van der Waals surface area contributed by atoms with E-state index in [1.54, 1.807) is 0 Å². The minimum atomic E-state index is 0.349. The van der Waals surface area contributed by atoms with Gasteiger partial charge in [0.2, 0.25) is 5.95 Å². The van der Waals surface area contributed by atoms with Gasteiger partial charge in [0.1, 0.15) is 0 Å². The fourth-order valence-electron chi connectivity index (χ4n) is 2.57. The summed E-state index contributed by atoms with van der Waals surface area (Å²) in [6.45, 7) is 0.943. The first-order chi connectivity index (χ1) is 8.63. The molecule has 1 aromatic heterocycles. The lowest BCUT2D eigenvalue weighted by molar-refractivity contribution is 0.326. The van der Waals surface area contributed by atoms with E-state index in [-0.39, 0.29) is 0 Å². The number of halogens is 1. The van der Waals surface area contributed by atoms with Crippen LogP contribution in [0.2, 0.25) is 5.02 Å². The highest BCUT2D eigenvalue weighted by Crippen LogP contribution is 2.45. The van der Waals surface area contributed by atoms with Crippen molar-refractivity contribution in [3.63, 3.8) is 0 Å². The lowest BCUT2D eigenvalue weighted by Gasteiger charge is -2.40. The second kappa shape index (κ2) is 4.35. The highest BCUT2D eigenvalue weighted by molar-refractivity contribution is 8.00. The van der Waals surface area contributed by atoms with Crippen LogP contribution in [-0.2, 0) is 6.54 Å². The zero-order valence-electron chi connectivity index (χ0n) is 10.3. The van der Waals surface area contributed by atoms with Crippen molar-refractivity contribution >= 4 is 40.3 Å². The minimum Gasteiger partial charge on any atom is -0.369 e. The summed E-state index contributed by atoms with van der Waals surface area (Å²) in [7, 11) is 0. The number of hydrogen-bond donors (Lipinski definition) is 1. The van der Waals surface area contributed by atoms with E-state index in [9.17, 15) is 0 Å². The number of rotatable bonds is 3. The molecule has 1 saturated carbocycles. The van der Waals surface area contributed by atoms with Gasteiger partial charge in [-0.3, -0.25) is 0 Å². The average molecular weight is 282 g/mol. The number of nitrogens with zero attached hydrogens (tertiary/aromatic N) is 2. The van der Waals surface area contributed by atoms with E-state index in [4.69, 9.17) is 17.3 Å². The maximum absolute atomic E-state index is 6.04. The molecule has 0 radical (unpaired) electrons. The number of thioether (sulfide) groups is 1. The van der Waals surface area contributed by atoms with Crippen LogP contribution < -0.4 is 5.73 Å². The van der Waals surface area contributed by atoms with Crippen LogP contribution in [0.25, 0.3) is 11.0 Å². The Labute approximate surface area is 116 Å². The summed E-state index contributed by atoms with van der Waals surface area (Å²) in [6, 6.07) is 5.78. The van der Waals surface area contributed by atoms with Crippen molar-refractivity contribution in [2.24, 2.45) is 0 Å². The Morgan fingerprint density at radius 1 is 1.50 bits per heavy atom. The molecule has 0 aliphatic heterocycles. The van der Waals surface area contributed by atoms with Crippen LogP contribution in [-0.4, -0.2) is 20.6 Å². The Balaban J connectivity index is 2.03. The molecule has 0 atom stereocenters. The van der Waals surface area contributed by atoms with Gasteiger partial charge in [-0.05, 0) is 37.3 Å². The molecule has 2 aromatic rings. The molecule has 5 heteroatoms. The van der Waals surface area contributed by atoms with E-state index in [0.717, 1.165) is 17.6 Å². The first kappa shape index (κ1) is 12.2. The van der Waals surface area contributed by atoms with E-state index in [1.807, 2.05) is 30.0 Å². The summed E-state index contributed by atoms with van der Waals surface area (Å²) < 4.78 is 2.47. The molecule has 1 heterocycles. The fraction of sp³-hybridized carbons (Fsp3) is 0.462. The number of imidazole rings is 1. The van der Waals surface area contributed by atoms with Gasteiger partial charge in [0.25, 0.3) is 0 Å². The second-order valence-electron chi connectivity index (χ2n) is 4.93. The Morgan fingerprint density at radius 3 is 2.89 bits per heavy atom. The molecule has 0 unspecified atom stereocenters. The molecule has 96 valence electrons. The van der Waals surface area contributed by atoms with Crippen molar-refractivity contribution in [3.8, 4) is 0 Å². The Kier molecular flexibility index (Phi) is 2.94. The SMILES string of the molecule is CSC1(Cn2c(N)nc3cc(Cl)ccc32)CCC1. The number of hydrogen-bond acceptors (Lipinski definition) is 3.